The molecule has 0 heterocycles. The Morgan fingerprint density at radius 2 is 0.875 bits per heavy atom. The van der Waals surface area contributed by atoms with Crippen molar-refractivity contribution < 1.29 is 207 Å². The van der Waals surface area contributed by atoms with E-state index in [-0.39, 0.29) is 207 Å². The van der Waals surface area contributed by atoms with Crippen LogP contribution < -0.4 is 206 Å². The zero-order valence-corrected chi connectivity index (χ0v) is 26.4. The van der Waals surface area contributed by atoms with Crippen LogP contribution >= 0.6 is 0 Å². The van der Waals surface area contributed by atoms with Gasteiger partial charge in [0.15, 0.2) is 0 Å². The summed E-state index contributed by atoms with van der Waals surface area (Å²) in [5.74, 6) is 0. The number of rotatable bonds is 0. The molecule has 0 saturated heterocycles. The van der Waals surface area contributed by atoms with E-state index in [1.54, 1.807) is 6.92 Å². The van der Waals surface area contributed by atoms with Crippen molar-refractivity contribution in [3.05, 3.63) is 6.92 Å². The summed E-state index contributed by atoms with van der Waals surface area (Å²) in [6.07, 6.45) is 0. The van der Waals surface area contributed by atoms with Gasteiger partial charge in [-0.1, -0.05) is 0 Å². The Morgan fingerprint density at radius 1 is 0.875 bits per heavy atom. The van der Waals surface area contributed by atoms with Crippen molar-refractivity contribution in [3.8, 4) is 0 Å². The van der Waals surface area contributed by atoms with E-state index < -0.39 is 0 Å². The fourth-order valence-electron chi connectivity index (χ4n) is 0. The second kappa shape index (κ2) is 43.7. The molecule has 0 atom stereocenters. The van der Waals surface area contributed by atoms with Gasteiger partial charge in [0, 0.05) is 0 Å². The monoisotopic (exact) mass is 264 g/mol. The Morgan fingerprint density at radius 3 is 0.875 bits per heavy atom. The molecule has 0 aromatic rings. The zero-order chi connectivity index (χ0) is 4.00. The van der Waals surface area contributed by atoms with E-state index in [1.807, 2.05) is 0 Å². The van der Waals surface area contributed by atoms with E-state index >= 15 is 0 Å². The molecule has 6 heteroatoms. The molecule has 18 valence electrons. The second-order valence-electron chi connectivity index (χ2n) is 0. The van der Waals surface area contributed by atoms with Crippen molar-refractivity contribution in [2.24, 2.45) is 0 Å². The molecular weight excluding hydrogens is 259 g/mol. The quantitative estimate of drug-likeness (QED) is 0.301. The van der Waals surface area contributed by atoms with E-state index in [0.29, 0.717) is 0 Å². The molecule has 8 heavy (non-hydrogen) atoms. The summed E-state index contributed by atoms with van der Waals surface area (Å²) in [6, 6.07) is 0. The third-order valence-corrected chi connectivity index (χ3v) is 0. The summed E-state index contributed by atoms with van der Waals surface area (Å²) in [5, 5.41) is 0. The molecule has 0 nitrogen and oxygen atoms in total. The summed E-state index contributed by atoms with van der Waals surface area (Å²) in [5.41, 5.74) is 0. The zero-order valence-electron chi connectivity index (χ0n) is 8.71. The molecule has 0 amide bonds. The maximum absolute atomic E-state index is 3.25. The molecule has 0 aromatic heterocycles. The normalized spacial score (nSPS) is 1.75. The van der Waals surface area contributed by atoms with Gasteiger partial charge in [0.25, 0.3) is 0 Å². The Bertz CT molecular complexity index is 11.0. The molecule has 0 saturated carbocycles. The van der Waals surface area contributed by atoms with Crippen LogP contribution in [0.2, 0.25) is 0 Å². The fourth-order valence-corrected chi connectivity index (χ4v) is 0. The van der Waals surface area contributed by atoms with Crippen molar-refractivity contribution in [2.75, 3.05) is 0 Å². The standard InChI is InChI=1S/C2H5.6K.H/c1-2;;;;;;;/h1H2,2H3;;;;;;;/q-1;;;4*+1;-1. The van der Waals surface area contributed by atoms with Crippen LogP contribution in [-0.4, -0.2) is 63.2 Å². The first-order valence-corrected chi connectivity index (χ1v) is 17.7. The van der Waals surface area contributed by atoms with Crippen LogP contribution in [0.5, 0.6) is 0 Å². The van der Waals surface area contributed by atoms with Crippen molar-refractivity contribution in [2.45, 2.75) is 6.92 Å². The van der Waals surface area contributed by atoms with Crippen LogP contribution in [0.25, 0.3) is 0 Å². The van der Waals surface area contributed by atoms with Crippen LogP contribution in [0.1, 0.15) is 8.35 Å². The summed E-state index contributed by atoms with van der Waals surface area (Å²) >= 11 is 2.50. The van der Waals surface area contributed by atoms with Gasteiger partial charge in [-0.05, 0) is 0 Å². The van der Waals surface area contributed by atoms with Crippen LogP contribution in [0.15, 0.2) is 0 Å². The first-order chi connectivity index (χ1) is 2.00. The van der Waals surface area contributed by atoms with Gasteiger partial charge in [-0.3, -0.25) is 0 Å². The SMILES string of the molecule is [CH2-]C.[H-].[K+].[K+].[K+].[K+].[K][K]. The molecule has 0 rings (SSSR count). The van der Waals surface area contributed by atoms with Crippen molar-refractivity contribution in [3.63, 3.8) is 0 Å². The van der Waals surface area contributed by atoms with Gasteiger partial charge in [0.1, 0.15) is 0 Å². The molecule has 0 aliphatic carbocycles. The molecule has 0 unspecified atom stereocenters. The Balaban J connectivity index is -0.00000000114. The summed E-state index contributed by atoms with van der Waals surface area (Å²) < 4.78 is 0. The number of hydrogen-bond acceptors (Lipinski definition) is 0. The van der Waals surface area contributed by atoms with Crippen LogP contribution in [0.3, 0.4) is 0 Å². The van der Waals surface area contributed by atoms with Crippen LogP contribution in [0.4, 0.5) is 0 Å². The fraction of sp³-hybridized carbons (Fsp3) is 0.500. The minimum atomic E-state index is 0. The van der Waals surface area contributed by atoms with E-state index in [1.165, 1.54) is 63.2 Å². The summed E-state index contributed by atoms with van der Waals surface area (Å²) in [7, 11) is 0. The van der Waals surface area contributed by atoms with Gasteiger partial charge >= 0.3 is 269 Å². The average molecular weight is 265 g/mol. The van der Waals surface area contributed by atoms with Gasteiger partial charge in [0.05, 0.1) is 0 Å². The van der Waals surface area contributed by atoms with Gasteiger partial charge in [-0.25, -0.2) is 0 Å². The van der Waals surface area contributed by atoms with Gasteiger partial charge < -0.3 is 8.35 Å². The molecule has 0 aliphatic heterocycles. The van der Waals surface area contributed by atoms with E-state index in [4.69, 9.17) is 0 Å². The molecule has 0 aliphatic rings. The summed E-state index contributed by atoms with van der Waals surface area (Å²) in [4.78, 5) is 0. The first-order valence-electron chi connectivity index (χ1n) is 1.71. The second-order valence-corrected chi connectivity index (χ2v) is 0. The van der Waals surface area contributed by atoms with Crippen molar-refractivity contribution in [1.82, 2.24) is 0 Å². The average Bonchev–Trinajstić information content (AvgIpc) is 1.50. The van der Waals surface area contributed by atoms with E-state index in [9.17, 15) is 0 Å². The topological polar surface area (TPSA) is 0 Å². The molecule has 0 aromatic carbocycles. The maximum atomic E-state index is 3.25. The molecule has 0 radical (unpaired) electrons. The van der Waals surface area contributed by atoms with Gasteiger partial charge in [0.2, 0.25) is 0 Å². The third kappa shape index (κ3) is 36.0. The third-order valence-electron chi connectivity index (χ3n) is 0. The van der Waals surface area contributed by atoms with Crippen LogP contribution in [-0.2, 0) is 0 Å². The molecule has 0 fully saturated rings. The van der Waals surface area contributed by atoms with E-state index in [0.717, 1.165) is 0 Å². The van der Waals surface area contributed by atoms with Crippen LogP contribution in [0, 0.1) is 6.92 Å². The predicted molar refractivity (Wildman–Crippen MR) is 23.7 cm³/mol. The van der Waals surface area contributed by atoms with E-state index in [2.05, 4.69) is 6.92 Å². The first kappa shape index (κ1) is 36.1. The Kier molecular flexibility index (Phi) is 197. The van der Waals surface area contributed by atoms with Crippen molar-refractivity contribution >= 4 is 63.2 Å². The Labute approximate surface area is 271 Å². The Hall–Kier alpha value is 9.82. The minimum absolute atomic E-state index is 0. The molecular formula is C2H6K6+2. The molecule has 0 bridgehead atoms. The van der Waals surface area contributed by atoms with Gasteiger partial charge in [-0.2, -0.15) is 6.92 Å². The molecule has 0 spiro atoms. The number of hydrogen-bond donors (Lipinski definition) is 0. The van der Waals surface area contributed by atoms with Gasteiger partial charge in [-0.15, -0.1) is 0 Å². The molecule has 0 N–H and O–H groups in total. The predicted octanol–water partition coefficient (Wildman–Crippen LogP) is -11.8. The van der Waals surface area contributed by atoms with Crippen molar-refractivity contribution in [1.29, 1.82) is 0 Å². The summed E-state index contributed by atoms with van der Waals surface area (Å²) in [6.45, 7) is 5.00.